The fraction of sp³-hybridized carbons (Fsp3) is 0.348. The van der Waals surface area contributed by atoms with Crippen LogP contribution in [0, 0.1) is 5.92 Å². The number of anilines is 1. The number of amides is 2. The number of hydrogen-bond acceptors (Lipinski definition) is 3. The highest BCUT2D eigenvalue weighted by Crippen LogP contribution is 2.27. The van der Waals surface area contributed by atoms with Crippen molar-refractivity contribution >= 4 is 23.2 Å². The predicted molar refractivity (Wildman–Crippen MR) is 112 cm³/mol. The molecule has 1 N–H and O–H groups in total. The number of hydrazone groups is 1. The van der Waals surface area contributed by atoms with E-state index in [1.165, 1.54) is 5.56 Å². The summed E-state index contributed by atoms with van der Waals surface area (Å²) in [5, 5.41) is 4.31. The second kappa shape index (κ2) is 9.31. The van der Waals surface area contributed by atoms with Crippen molar-refractivity contribution in [3.05, 3.63) is 65.7 Å². The number of fused-ring (bicyclic) bond motifs is 1. The Morgan fingerprint density at radius 1 is 1.04 bits per heavy atom. The molecule has 0 fully saturated rings. The third-order valence-corrected chi connectivity index (χ3v) is 4.89. The molecule has 1 heterocycles. The van der Waals surface area contributed by atoms with E-state index in [4.69, 9.17) is 0 Å². The Bertz CT molecular complexity index is 859. The predicted octanol–water partition coefficient (Wildman–Crippen LogP) is 3.92. The number of carbonyl (C=O) groups is 2. The van der Waals surface area contributed by atoms with Crippen molar-refractivity contribution in [2.45, 2.75) is 39.5 Å². The quantitative estimate of drug-likeness (QED) is 0.613. The molecule has 1 aliphatic rings. The number of aryl methyl sites for hydroxylation is 1. The monoisotopic (exact) mass is 377 g/mol. The second-order valence-electron chi connectivity index (χ2n) is 7.33. The van der Waals surface area contributed by atoms with Crippen LogP contribution in [0.1, 0.15) is 44.2 Å². The van der Waals surface area contributed by atoms with Gasteiger partial charge in [-0.25, -0.2) is 5.43 Å². The molecule has 2 amide bonds. The Hall–Kier alpha value is -2.95. The van der Waals surface area contributed by atoms with Crippen molar-refractivity contribution in [2.75, 3.05) is 11.4 Å². The number of para-hydroxylation sites is 1. The van der Waals surface area contributed by atoms with Gasteiger partial charge in [-0.3, -0.25) is 9.59 Å². The number of carbonyl (C=O) groups excluding carboxylic acids is 2. The summed E-state index contributed by atoms with van der Waals surface area (Å²) in [6.07, 6.45) is 2.25. The summed E-state index contributed by atoms with van der Waals surface area (Å²) in [5.41, 5.74) is 6.60. The maximum atomic E-state index is 12.6. The lowest BCUT2D eigenvalue weighted by Gasteiger charge is -2.29. The van der Waals surface area contributed by atoms with Gasteiger partial charge in [0.05, 0.1) is 5.71 Å². The second-order valence-corrected chi connectivity index (χ2v) is 7.33. The summed E-state index contributed by atoms with van der Waals surface area (Å²) in [6.45, 7) is 4.78. The minimum absolute atomic E-state index is 0.0153. The van der Waals surface area contributed by atoms with Gasteiger partial charge in [-0.05, 0) is 36.0 Å². The van der Waals surface area contributed by atoms with Crippen molar-refractivity contribution < 1.29 is 9.59 Å². The van der Waals surface area contributed by atoms with Crippen LogP contribution in [0.2, 0.25) is 0 Å². The molecule has 0 saturated carbocycles. The number of nitrogens with one attached hydrogen (secondary N) is 1. The molecule has 0 aliphatic carbocycles. The van der Waals surface area contributed by atoms with Gasteiger partial charge in [0, 0.05) is 25.1 Å². The van der Waals surface area contributed by atoms with Crippen LogP contribution in [0.5, 0.6) is 0 Å². The minimum atomic E-state index is -0.243. The summed E-state index contributed by atoms with van der Waals surface area (Å²) in [6, 6.07) is 17.8. The Balaban J connectivity index is 1.58. The first-order valence-corrected chi connectivity index (χ1v) is 9.86. The molecular weight excluding hydrogens is 350 g/mol. The number of benzene rings is 2. The topological polar surface area (TPSA) is 61.8 Å². The smallest absolute Gasteiger partial charge is 0.240 e. The van der Waals surface area contributed by atoms with Gasteiger partial charge in [0.1, 0.15) is 0 Å². The van der Waals surface area contributed by atoms with Crippen molar-refractivity contribution in [2.24, 2.45) is 11.0 Å². The lowest BCUT2D eigenvalue weighted by atomic mass is 10.0. The van der Waals surface area contributed by atoms with Gasteiger partial charge in [0.15, 0.2) is 0 Å². The molecule has 1 aliphatic heterocycles. The van der Waals surface area contributed by atoms with E-state index in [9.17, 15) is 9.59 Å². The van der Waals surface area contributed by atoms with Crippen LogP contribution in [0.25, 0.3) is 0 Å². The number of hydrogen-bond donors (Lipinski definition) is 1. The average molecular weight is 377 g/mol. The molecule has 0 atom stereocenters. The summed E-state index contributed by atoms with van der Waals surface area (Å²) in [5.74, 6) is -0.0830. The first kappa shape index (κ1) is 19.8. The van der Waals surface area contributed by atoms with Gasteiger partial charge in [-0.1, -0.05) is 62.4 Å². The van der Waals surface area contributed by atoms with Gasteiger partial charge >= 0.3 is 0 Å². The largest absolute Gasteiger partial charge is 0.312 e. The van der Waals surface area contributed by atoms with E-state index in [0.717, 1.165) is 29.8 Å². The van der Waals surface area contributed by atoms with E-state index < -0.39 is 0 Å². The SMILES string of the molecule is CC(C)C(=NNC(=O)CCC(=O)N1CCCc2ccccc21)c1ccccc1. The van der Waals surface area contributed by atoms with Gasteiger partial charge in [-0.2, -0.15) is 5.10 Å². The van der Waals surface area contributed by atoms with E-state index >= 15 is 0 Å². The van der Waals surface area contributed by atoms with Crippen LogP contribution >= 0.6 is 0 Å². The maximum Gasteiger partial charge on any atom is 0.240 e. The van der Waals surface area contributed by atoms with E-state index in [2.05, 4.69) is 16.6 Å². The van der Waals surface area contributed by atoms with Crippen molar-refractivity contribution in [3.8, 4) is 0 Å². The van der Waals surface area contributed by atoms with Crippen LogP contribution in [-0.4, -0.2) is 24.1 Å². The molecule has 0 saturated heterocycles. The molecule has 2 aromatic carbocycles. The number of rotatable bonds is 6. The molecular formula is C23H27N3O2. The van der Waals surface area contributed by atoms with Crippen molar-refractivity contribution in [1.82, 2.24) is 5.43 Å². The van der Waals surface area contributed by atoms with Crippen LogP contribution < -0.4 is 10.3 Å². The zero-order chi connectivity index (χ0) is 19.9. The Morgan fingerprint density at radius 2 is 1.75 bits per heavy atom. The van der Waals surface area contributed by atoms with E-state index in [1.807, 2.05) is 62.4 Å². The molecule has 3 rings (SSSR count). The zero-order valence-corrected chi connectivity index (χ0v) is 16.5. The molecule has 146 valence electrons. The van der Waals surface area contributed by atoms with Crippen molar-refractivity contribution in [1.29, 1.82) is 0 Å². The molecule has 0 spiro atoms. The molecule has 0 radical (unpaired) electrons. The minimum Gasteiger partial charge on any atom is -0.312 e. The Labute approximate surface area is 166 Å². The number of nitrogens with zero attached hydrogens (tertiary/aromatic N) is 2. The highest BCUT2D eigenvalue weighted by atomic mass is 16.2. The summed E-state index contributed by atoms with van der Waals surface area (Å²) < 4.78 is 0. The molecule has 5 heteroatoms. The first-order chi connectivity index (χ1) is 13.6. The van der Waals surface area contributed by atoms with Crippen LogP contribution in [0.4, 0.5) is 5.69 Å². The van der Waals surface area contributed by atoms with Gasteiger partial charge in [0.25, 0.3) is 0 Å². The fourth-order valence-electron chi connectivity index (χ4n) is 3.46. The molecule has 0 unspecified atom stereocenters. The normalized spacial score (nSPS) is 14.0. The lowest BCUT2D eigenvalue weighted by molar-refractivity contribution is -0.125. The molecule has 5 nitrogen and oxygen atoms in total. The Kier molecular flexibility index (Phi) is 6.58. The van der Waals surface area contributed by atoms with Crippen LogP contribution in [0.15, 0.2) is 59.7 Å². The highest BCUT2D eigenvalue weighted by Gasteiger charge is 2.22. The van der Waals surface area contributed by atoms with Crippen LogP contribution in [0.3, 0.4) is 0 Å². The average Bonchev–Trinajstić information content (AvgIpc) is 2.72. The summed E-state index contributed by atoms with van der Waals surface area (Å²) >= 11 is 0. The highest BCUT2D eigenvalue weighted by molar-refractivity contribution is 6.02. The standard InChI is InChI=1S/C23H27N3O2/c1-17(2)23(19-10-4-3-5-11-19)25-24-21(27)14-15-22(28)26-16-8-12-18-9-6-7-13-20(18)26/h3-7,9-11,13,17H,8,12,14-16H2,1-2H3,(H,24,27). The third kappa shape index (κ3) is 4.85. The molecule has 28 heavy (non-hydrogen) atoms. The maximum absolute atomic E-state index is 12.6. The van der Waals surface area contributed by atoms with Gasteiger partial charge < -0.3 is 4.90 Å². The van der Waals surface area contributed by atoms with Crippen molar-refractivity contribution in [3.63, 3.8) is 0 Å². The Morgan fingerprint density at radius 3 is 2.50 bits per heavy atom. The zero-order valence-electron chi connectivity index (χ0n) is 16.5. The molecule has 0 aromatic heterocycles. The summed E-state index contributed by atoms with van der Waals surface area (Å²) in [4.78, 5) is 26.7. The fourth-order valence-corrected chi connectivity index (χ4v) is 3.46. The van der Waals surface area contributed by atoms with Crippen LogP contribution in [-0.2, 0) is 16.0 Å². The van der Waals surface area contributed by atoms with Gasteiger partial charge in [-0.15, -0.1) is 0 Å². The summed E-state index contributed by atoms with van der Waals surface area (Å²) in [7, 11) is 0. The van der Waals surface area contributed by atoms with E-state index in [0.29, 0.717) is 6.54 Å². The molecule has 0 bridgehead atoms. The third-order valence-electron chi connectivity index (χ3n) is 4.89. The lowest BCUT2D eigenvalue weighted by Crippen LogP contribution is -2.36. The van der Waals surface area contributed by atoms with E-state index in [1.54, 1.807) is 4.90 Å². The molecule has 2 aromatic rings. The van der Waals surface area contributed by atoms with Gasteiger partial charge in [0.2, 0.25) is 11.8 Å². The van der Waals surface area contributed by atoms with E-state index in [-0.39, 0.29) is 30.6 Å². The first-order valence-electron chi connectivity index (χ1n) is 9.86.